The zero-order chi connectivity index (χ0) is 30.3. The van der Waals surface area contributed by atoms with Gasteiger partial charge in [-0.3, -0.25) is 19.3 Å². The Kier molecular flexibility index (Phi) is 6.43. The van der Waals surface area contributed by atoms with Crippen LogP contribution in [0.5, 0.6) is 0 Å². The Morgan fingerprint density at radius 2 is 1.59 bits per heavy atom. The Labute approximate surface area is 239 Å². The van der Waals surface area contributed by atoms with Gasteiger partial charge in [-0.2, -0.15) is 0 Å². The Morgan fingerprint density at radius 1 is 1.02 bits per heavy atom. The SMILES string of the molecule is CC(C)(C)c1cc(C(=O)N[C@H]2CN3C(N)=N[C@@H](CN4C(=O)CCC4=O)[C@@H]4N=C(N)N[C@@]43C2(O)O)cc(C(C)(C)C)c1. The van der Waals surface area contributed by atoms with Crippen LogP contribution < -0.4 is 22.1 Å². The first-order valence-electron chi connectivity index (χ1n) is 13.8. The topological polar surface area (TPSA) is 199 Å². The molecule has 3 amide bonds. The number of nitrogens with two attached hydrogens (primary N) is 2. The van der Waals surface area contributed by atoms with E-state index < -0.39 is 35.5 Å². The number of rotatable bonds is 4. The minimum Gasteiger partial charge on any atom is -0.370 e. The smallest absolute Gasteiger partial charge is 0.251 e. The molecule has 1 aromatic rings. The van der Waals surface area contributed by atoms with Crippen LogP contribution >= 0.6 is 0 Å². The summed E-state index contributed by atoms with van der Waals surface area (Å²) in [4.78, 5) is 49.7. The molecule has 0 bridgehead atoms. The quantitative estimate of drug-likeness (QED) is 0.199. The van der Waals surface area contributed by atoms with Gasteiger partial charge >= 0.3 is 0 Å². The van der Waals surface area contributed by atoms with Crippen molar-refractivity contribution in [3.63, 3.8) is 0 Å². The number of guanidine groups is 2. The number of amides is 3. The van der Waals surface area contributed by atoms with E-state index in [4.69, 9.17) is 11.5 Å². The van der Waals surface area contributed by atoms with Gasteiger partial charge in [-0.05, 0) is 34.1 Å². The van der Waals surface area contributed by atoms with Gasteiger partial charge in [0.25, 0.3) is 5.91 Å². The molecule has 0 radical (unpaired) electrons. The van der Waals surface area contributed by atoms with Gasteiger partial charge in [-0.1, -0.05) is 47.6 Å². The van der Waals surface area contributed by atoms with Gasteiger partial charge in [-0.25, -0.2) is 9.98 Å². The summed E-state index contributed by atoms with van der Waals surface area (Å²) in [5, 5.41) is 29.2. The lowest BCUT2D eigenvalue weighted by atomic mass is 9.79. The van der Waals surface area contributed by atoms with E-state index in [1.165, 1.54) is 4.90 Å². The zero-order valence-electron chi connectivity index (χ0n) is 24.4. The summed E-state index contributed by atoms with van der Waals surface area (Å²) in [6.45, 7) is 12.1. The molecule has 4 aliphatic heterocycles. The zero-order valence-corrected chi connectivity index (χ0v) is 24.4. The Hall–Kier alpha value is -3.71. The van der Waals surface area contributed by atoms with Crippen LogP contribution in [0.4, 0.5) is 0 Å². The highest BCUT2D eigenvalue weighted by atomic mass is 16.5. The maximum Gasteiger partial charge on any atom is 0.251 e. The molecule has 4 heterocycles. The van der Waals surface area contributed by atoms with Gasteiger partial charge in [0.05, 0.1) is 12.6 Å². The molecule has 0 unspecified atom stereocenters. The number of nitrogens with zero attached hydrogens (tertiary/aromatic N) is 4. The van der Waals surface area contributed by atoms with Crippen LogP contribution in [0.25, 0.3) is 0 Å². The molecule has 0 saturated carbocycles. The predicted octanol–water partition coefficient (Wildman–Crippen LogP) is -0.795. The maximum atomic E-state index is 13.7. The fourth-order valence-corrected chi connectivity index (χ4v) is 6.12. The van der Waals surface area contributed by atoms with Crippen molar-refractivity contribution in [2.75, 3.05) is 13.1 Å². The van der Waals surface area contributed by atoms with Gasteiger partial charge in [0.2, 0.25) is 17.6 Å². The number of hydrogen-bond donors (Lipinski definition) is 6. The number of nitrogens with one attached hydrogen (secondary N) is 2. The summed E-state index contributed by atoms with van der Waals surface area (Å²) in [5.41, 5.74) is 12.5. The first-order valence-corrected chi connectivity index (χ1v) is 13.8. The molecule has 1 spiro atoms. The fraction of sp³-hybridized carbons (Fsp3) is 0.607. The molecule has 41 heavy (non-hydrogen) atoms. The van der Waals surface area contributed by atoms with E-state index in [0.29, 0.717) is 5.56 Å². The van der Waals surface area contributed by atoms with Crippen LogP contribution in [-0.4, -0.2) is 92.3 Å². The summed E-state index contributed by atoms with van der Waals surface area (Å²) in [6, 6.07) is 2.57. The molecule has 13 heteroatoms. The molecule has 0 aromatic heterocycles. The average molecular weight is 569 g/mol. The molecular formula is C28H40N8O5. The molecule has 2 fully saturated rings. The van der Waals surface area contributed by atoms with E-state index in [1.54, 1.807) is 0 Å². The van der Waals surface area contributed by atoms with E-state index in [2.05, 4.69) is 68.2 Å². The molecule has 1 aromatic carbocycles. The van der Waals surface area contributed by atoms with Crippen molar-refractivity contribution < 1.29 is 24.6 Å². The highest BCUT2D eigenvalue weighted by Gasteiger charge is 2.73. The van der Waals surface area contributed by atoms with Crippen LogP contribution in [0.1, 0.15) is 75.9 Å². The van der Waals surface area contributed by atoms with Crippen molar-refractivity contribution in [3.8, 4) is 0 Å². The van der Waals surface area contributed by atoms with Crippen LogP contribution in [0.3, 0.4) is 0 Å². The largest absolute Gasteiger partial charge is 0.370 e. The number of hydrogen-bond acceptors (Lipinski definition) is 11. The average Bonchev–Trinajstić information content (AvgIpc) is 3.45. The summed E-state index contributed by atoms with van der Waals surface area (Å²) in [6.07, 6.45) is 0.198. The van der Waals surface area contributed by atoms with Crippen molar-refractivity contribution >= 4 is 29.6 Å². The van der Waals surface area contributed by atoms with Gasteiger partial charge in [0, 0.05) is 24.9 Å². The number of aliphatic imine (C=N–C) groups is 2. The van der Waals surface area contributed by atoms with Crippen LogP contribution in [0, 0.1) is 0 Å². The number of aliphatic hydroxyl groups is 2. The predicted molar refractivity (Wildman–Crippen MR) is 152 cm³/mol. The summed E-state index contributed by atoms with van der Waals surface area (Å²) in [5.74, 6) is -3.95. The molecule has 222 valence electrons. The molecule has 2 saturated heterocycles. The standard InChI is InChI=1S/C28H40N8O5/c1-25(2,3)15-9-14(10-16(11-15)26(4,5)6)22(39)32-18-13-36-24(30)31-17(12-35-19(37)7-8-20(35)38)21-27(36,28(18,40)41)34-23(29)33-21/h9-11,17-18,21,40-41H,7-8,12-13H2,1-6H3,(H2,30,31)(H,32,39)(H3,29,33,34)/t17-,18-,21-,27-/m0/s1. The van der Waals surface area contributed by atoms with Gasteiger partial charge in [-0.15, -0.1) is 0 Å². The van der Waals surface area contributed by atoms with Crippen molar-refractivity contribution in [2.24, 2.45) is 21.5 Å². The fourth-order valence-electron chi connectivity index (χ4n) is 6.12. The second kappa shape index (κ2) is 9.15. The molecule has 4 aliphatic rings. The first-order chi connectivity index (χ1) is 18.9. The van der Waals surface area contributed by atoms with Crippen LogP contribution in [-0.2, 0) is 20.4 Å². The monoisotopic (exact) mass is 568 g/mol. The molecule has 13 nitrogen and oxygen atoms in total. The summed E-state index contributed by atoms with van der Waals surface area (Å²) < 4.78 is 0. The van der Waals surface area contributed by atoms with Crippen molar-refractivity contribution in [1.82, 2.24) is 20.4 Å². The van der Waals surface area contributed by atoms with Gasteiger partial charge in [0.1, 0.15) is 12.1 Å². The van der Waals surface area contributed by atoms with Crippen LogP contribution in [0.15, 0.2) is 28.2 Å². The van der Waals surface area contributed by atoms with Crippen molar-refractivity contribution in [3.05, 3.63) is 34.9 Å². The molecule has 4 atom stereocenters. The molecule has 8 N–H and O–H groups in total. The maximum absolute atomic E-state index is 13.7. The van der Waals surface area contributed by atoms with Crippen molar-refractivity contribution in [2.45, 2.75) is 94.8 Å². The molecular weight excluding hydrogens is 528 g/mol. The summed E-state index contributed by atoms with van der Waals surface area (Å²) in [7, 11) is 0. The highest BCUT2D eigenvalue weighted by Crippen LogP contribution is 2.45. The lowest BCUT2D eigenvalue weighted by Gasteiger charge is -2.49. The second-order valence-corrected chi connectivity index (χ2v) is 13.5. The van der Waals surface area contributed by atoms with E-state index >= 15 is 0 Å². The highest BCUT2D eigenvalue weighted by molar-refractivity contribution is 6.02. The Bertz CT molecular complexity index is 1330. The Morgan fingerprint density at radius 3 is 2.12 bits per heavy atom. The Balaban J connectivity index is 1.47. The lowest BCUT2D eigenvalue weighted by molar-refractivity contribution is -0.230. The number of benzene rings is 1. The van der Waals surface area contributed by atoms with E-state index in [0.717, 1.165) is 16.0 Å². The van der Waals surface area contributed by atoms with Crippen molar-refractivity contribution in [1.29, 1.82) is 0 Å². The third-order valence-electron chi connectivity index (χ3n) is 8.56. The molecule has 5 rings (SSSR count). The van der Waals surface area contributed by atoms with Crippen LogP contribution in [0.2, 0.25) is 0 Å². The normalized spacial score (nSPS) is 29.1. The lowest BCUT2D eigenvalue weighted by Crippen LogP contribution is -2.78. The van der Waals surface area contributed by atoms with E-state index in [-0.39, 0.29) is 60.5 Å². The minimum absolute atomic E-state index is 0.0586. The third-order valence-corrected chi connectivity index (χ3v) is 8.56. The second-order valence-electron chi connectivity index (χ2n) is 13.5. The van der Waals surface area contributed by atoms with E-state index in [1.807, 2.05) is 12.1 Å². The van der Waals surface area contributed by atoms with E-state index in [9.17, 15) is 24.6 Å². The first kappa shape index (κ1) is 28.8. The van der Waals surface area contributed by atoms with Gasteiger partial charge < -0.3 is 37.2 Å². The third kappa shape index (κ3) is 4.51. The number of imide groups is 1. The minimum atomic E-state index is -2.63. The molecule has 0 aliphatic carbocycles. The number of carbonyl (C=O) groups is 3. The van der Waals surface area contributed by atoms with Gasteiger partial charge in [0.15, 0.2) is 17.6 Å². The summed E-state index contributed by atoms with van der Waals surface area (Å²) >= 11 is 0. The number of carbonyl (C=O) groups excluding carboxylic acids is 3. The number of likely N-dealkylation sites (tertiary alicyclic amines) is 1.